The van der Waals surface area contributed by atoms with Crippen molar-refractivity contribution in [1.29, 1.82) is 0 Å². The van der Waals surface area contributed by atoms with Crippen molar-refractivity contribution in [3.63, 3.8) is 0 Å². The van der Waals surface area contributed by atoms with Crippen molar-refractivity contribution in [3.8, 4) is 0 Å². The highest BCUT2D eigenvalue weighted by atomic mass is 19.1. The third-order valence-electron chi connectivity index (χ3n) is 7.90. The van der Waals surface area contributed by atoms with Gasteiger partial charge in [-0.05, 0) is 12.8 Å². The highest BCUT2D eigenvalue weighted by Crippen LogP contribution is 2.44. The zero-order chi connectivity index (χ0) is 31.3. The summed E-state index contributed by atoms with van der Waals surface area (Å²) < 4.78 is 20.2. The Hall–Kier alpha value is -2.20. The standard InChI is InChI=1S/C28H48FN3O10/c1-2-3-4-5-6-7-8-9-10-11-12-13-14-15-16-17-22(29)32(41)27(39)23(34)21(19-33)42-28(27,40)31-18-20(25(36)37)24(35)30-26(31)38/h18,21-23,33-34,39-41H,2-17,19H2,1H3,(H,36,37)(H,30,35,38)/t21-,22?,23-,27-,28+/m1/s1. The number of aromatic amines is 1. The quantitative estimate of drug-likeness (QED) is 0.0469. The zero-order valence-corrected chi connectivity index (χ0v) is 24.4. The number of carboxylic acids is 1. The van der Waals surface area contributed by atoms with Gasteiger partial charge in [0.1, 0.15) is 17.8 Å². The first-order chi connectivity index (χ1) is 19.9. The van der Waals surface area contributed by atoms with Gasteiger partial charge in [0.25, 0.3) is 5.56 Å². The molecule has 1 saturated heterocycles. The molecule has 42 heavy (non-hydrogen) atoms. The van der Waals surface area contributed by atoms with E-state index < -0.39 is 64.6 Å². The molecule has 0 aromatic carbocycles. The van der Waals surface area contributed by atoms with Crippen molar-refractivity contribution < 1.29 is 44.7 Å². The molecule has 5 atom stereocenters. The fourth-order valence-corrected chi connectivity index (χ4v) is 5.34. The Bertz CT molecular complexity index is 1080. The van der Waals surface area contributed by atoms with Crippen LogP contribution in [0.2, 0.25) is 0 Å². The Kier molecular flexibility index (Phi) is 14.7. The lowest BCUT2D eigenvalue weighted by Gasteiger charge is -2.43. The average molecular weight is 606 g/mol. The van der Waals surface area contributed by atoms with Crippen molar-refractivity contribution in [1.82, 2.24) is 14.6 Å². The molecule has 14 heteroatoms. The molecule has 1 fully saturated rings. The van der Waals surface area contributed by atoms with E-state index in [1.165, 1.54) is 57.8 Å². The highest BCUT2D eigenvalue weighted by Gasteiger charge is 2.71. The van der Waals surface area contributed by atoms with E-state index in [1.54, 1.807) is 4.98 Å². The van der Waals surface area contributed by atoms with Gasteiger partial charge in [-0.2, -0.15) is 0 Å². The first kappa shape index (κ1) is 36.0. The van der Waals surface area contributed by atoms with Gasteiger partial charge < -0.3 is 35.5 Å². The fraction of sp³-hybridized carbons (Fsp3) is 0.821. The molecule has 1 unspecified atom stereocenters. The van der Waals surface area contributed by atoms with Crippen molar-refractivity contribution in [2.24, 2.45) is 0 Å². The Balaban J connectivity index is 1.88. The number of hydrogen-bond acceptors (Lipinski definition) is 10. The van der Waals surface area contributed by atoms with E-state index in [4.69, 9.17) is 4.74 Å². The number of carbonyl (C=O) groups is 1. The van der Waals surface area contributed by atoms with E-state index in [-0.39, 0.29) is 17.4 Å². The number of aliphatic hydroxyl groups is 4. The Labute approximate surface area is 244 Å². The van der Waals surface area contributed by atoms with Crippen LogP contribution in [0, 0.1) is 0 Å². The fourth-order valence-electron chi connectivity index (χ4n) is 5.34. The summed E-state index contributed by atoms with van der Waals surface area (Å²) in [6.07, 6.45) is 9.81. The van der Waals surface area contributed by atoms with Crippen LogP contribution in [0.4, 0.5) is 4.39 Å². The SMILES string of the molecule is CCCCCCCCCCCCCCCCCC(F)N(O)[C@@]1(O)[C@H](O)[C@@H](CO)O[C@]1(O)n1cc(C(=O)O)c(=O)[nH]c1=O. The Morgan fingerprint density at radius 3 is 1.93 bits per heavy atom. The number of hydrogen-bond donors (Lipinski definition) is 7. The number of carboxylic acid groups (broad SMARTS) is 1. The van der Waals surface area contributed by atoms with E-state index in [2.05, 4.69) is 6.92 Å². The van der Waals surface area contributed by atoms with Crippen molar-refractivity contribution in [2.75, 3.05) is 6.61 Å². The summed E-state index contributed by atoms with van der Waals surface area (Å²) >= 11 is 0. The highest BCUT2D eigenvalue weighted by molar-refractivity contribution is 5.86. The van der Waals surface area contributed by atoms with E-state index >= 15 is 4.39 Å². The number of hydroxylamine groups is 2. The first-order valence-corrected chi connectivity index (χ1v) is 15.1. The molecular weight excluding hydrogens is 557 g/mol. The molecule has 0 saturated carbocycles. The number of H-pyrrole nitrogens is 1. The van der Waals surface area contributed by atoms with Gasteiger partial charge >= 0.3 is 17.6 Å². The van der Waals surface area contributed by atoms with Crippen LogP contribution in [0.5, 0.6) is 0 Å². The van der Waals surface area contributed by atoms with Gasteiger partial charge in [-0.15, -0.1) is 5.06 Å². The van der Waals surface area contributed by atoms with Crippen LogP contribution in [-0.4, -0.2) is 82.2 Å². The average Bonchev–Trinajstić information content (AvgIpc) is 3.16. The Morgan fingerprint density at radius 2 is 1.48 bits per heavy atom. The van der Waals surface area contributed by atoms with Crippen molar-refractivity contribution >= 4 is 5.97 Å². The number of nitrogens with one attached hydrogen (secondary N) is 1. The molecule has 242 valence electrons. The topological polar surface area (TPSA) is 206 Å². The number of aliphatic hydroxyl groups excluding tert-OH is 2. The van der Waals surface area contributed by atoms with Crippen molar-refractivity contribution in [3.05, 3.63) is 32.6 Å². The minimum absolute atomic E-state index is 0.000280. The number of rotatable bonds is 21. The van der Waals surface area contributed by atoms with E-state index in [0.717, 1.165) is 25.7 Å². The molecule has 0 radical (unpaired) electrons. The van der Waals surface area contributed by atoms with Crippen LogP contribution >= 0.6 is 0 Å². The third kappa shape index (κ3) is 8.68. The molecule has 0 amide bonds. The molecule has 1 aliphatic heterocycles. The van der Waals surface area contributed by atoms with Crippen LogP contribution in [0.25, 0.3) is 0 Å². The number of alkyl halides is 1. The molecule has 1 aliphatic rings. The lowest BCUT2D eigenvalue weighted by Crippen LogP contribution is -2.70. The molecule has 0 bridgehead atoms. The number of nitrogens with zero attached hydrogens (tertiary/aromatic N) is 2. The second-order valence-electron chi connectivity index (χ2n) is 11.1. The van der Waals surface area contributed by atoms with Gasteiger partial charge in [-0.3, -0.25) is 9.78 Å². The van der Waals surface area contributed by atoms with Crippen LogP contribution in [0.3, 0.4) is 0 Å². The zero-order valence-electron chi connectivity index (χ0n) is 24.4. The Morgan fingerprint density at radius 1 is 1.00 bits per heavy atom. The molecule has 13 nitrogen and oxygen atoms in total. The molecule has 1 aromatic heterocycles. The van der Waals surface area contributed by atoms with Crippen LogP contribution in [0.15, 0.2) is 15.8 Å². The summed E-state index contributed by atoms with van der Waals surface area (Å²) in [4.78, 5) is 37.3. The number of unbranched alkanes of at least 4 members (excludes halogenated alkanes) is 14. The molecule has 0 aliphatic carbocycles. The third-order valence-corrected chi connectivity index (χ3v) is 7.90. The lowest BCUT2D eigenvalue weighted by molar-refractivity contribution is -0.428. The van der Waals surface area contributed by atoms with Crippen molar-refractivity contribution in [2.45, 2.75) is 140 Å². The van der Waals surface area contributed by atoms with Gasteiger partial charge in [-0.1, -0.05) is 96.8 Å². The molecule has 2 rings (SSSR count). The minimum atomic E-state index is -3.51. The number of ether oxygens (including phenoxy) is 1. The normalized spacial score (nSPS) is 24.9. The number of aromatic nitrogens is 2. The number of aromatic carboxylic acids is 1. The largest absolute Gasteiger partial charge is 0.477 e. The lowest BCUT2D eigenvalue weighted by atomic mass is 9.99. The summed E-state index contributed by atoms with van der Waals surface area (Å²) in [5.41, 5.74) is -7.39. The molecular formula is C28H48FN3O10. The van der Waals surface area contributed by atoms with Crippen LogP contribution in [-0.2, 0) is 10.6 Å². The smallest absolute Gasteiger partial charge is 0.342 e. The van der Waals surface area contributed by atoms with Crippen LogP contribution < -0.4 is 11.2 Å². The van der Waals surface area contributed by atoms with Gasteiger partial charge in [-0.25, -0.2) is 18.5 Å². The monoisotopic (exact) mass is 605 g/mol. The first-order valence-electron chi connectivity index (χ1n) is 15.1. The molecule has 2 heterocycles. The maximum absolute atomic E-state index is 15.1. The molecule has 1 aromatic rings. The minimum Gasteiger partial charge on any atom is -0.477 e. The maximum atomic E-state index is 15.1. The molecule has 7 N–H and O–H groups in total. The summed E-state index contributed by atoms with van der Waals surface area (Å²) in [5, 5.41) is 62.0. The number of halogens is 1. The summed E-state index contributed by atoms with van der Waals surface area (Å²) in [6.45, 7) is 1.17. The van der Waals surface area contributed by atoms with E-state index in [9.17, 15) is 45.1 Å². The van der Waals surface area contributed by atoms with Gasteiger partial charge in [0.15, 0.2) is 6.30 Å². The van der Waals surface area contributed by atoms with E-state index in [0.29, 0.717) is 12.6 Å². The maximum Gasteiger partial charge on any atom is 0.342 e. The van der Waals surface area contributed by atoms with Gasteiger partial charge in [0.05, 0.1) is 6.61 Å². The summed E-state index contributed by atoms with van der Waals surface area (Å²) in [5.74, 6) is -5.33. The summed E-state index contributed by atoms with van der Waals surface area (Å²) in [7, 11) is 0. The van der Waals surface area contributed by atoms with Gasteiger partial charge in [0, 0.05) is 6.20 Å². The predicted octanol–water partition coefficient (Wildman–Crippen LogP) is 2.53. The van der Waals surface area contributed by atoms with Gasteiger partial charge in [0.2, 0.25) is 5.72 Å². The second-order valence-corrected chi connectivity index (χ2v) is 11.1. The molecule has 0 spiro atoms. The second kappa shape index (κ2) is 17.2. The summed E-state index contributed by atoms with van der Waals surface area (Å²) in [6, 6.07) is 0. The van der Waals surface area contributed by atoms with E-state index in [1.807, 2.05) is 0 Å². The predicted molar refractivity (Wildman–Crippen MR) is 149 cm³/mol. The van der Waals surface area contributed by atoms with Crippen LogP contribution in [0.1, 0.15) is 120 Å².